The molecule has 0 heterocycles. The zero-order valence-electron chi connectivity index (χ0n) is 23.6. The van der Waals surface area contributed by atoms with Gasteiger partial charge < -0.3 is 14.6 Å². The Balaban J connectivity index is 1.32. The van der Waals surface area contributed by atoms with Crippen molar-refractivity contribution in [1.82, 2.24) is 0 Å². The van der Waals surface area contributed by atoms with Gasteiger partial charge in [-0.05, 0) is 114 Å². The first-order valence-corrected chi connectivity index (χ1v) is 14.4. The van der Waals surface area contributed by atoms with Crippen molar-refractivity contribution in [2.24, 2.45) is 11.3 Å². The van der Waals surface area contributed by atoms with Gasteiger partial charge in [-0.15, -0.1) is 0 Å². The second kappa shape index (κ2) is 10.1. The third-order valence-corrected chi connectivity index (χ3v) is 9.40. The van der Waals surface area contributed by atoms with Crippen LogP contribution in [0.5, 0.6) is 11.5 Å². The minimum absolute atomic E-state index is 0.0140. The largest absolute Gasteiger partial charge is 0.497 e. The minimum atomic E-state index is -0.691. The first-order valence-electron chi connectivity index (χ1n) is 14.4. The molecule has 0 aliphatic heterocycles. The Kier molecular flexibility index (Phi) is 6.72. The van der Waals surface area contributed by atoms with E-state index in [1.54, 1.807) is 19.2 Å². The van der Waals surface area contributed by atoms with E-state index < -0.39 is 5.97 Å². The maximum atomic E-state index is 15.1. The van der Waals surface area contributed by atoms with Crippen LogP contribution in [-0.4, -0.2) is 18.2 Å². The number of hydrogen-bond donors (Lipinski definition) is 1. The maximum Gasteiger partial charge on any atom is 0.307 e. The summed E-state index contributed by atoms with van der Waals surface area (Å²) in [7, 11) is 1.59. The Morgan fingerprint density at radius 2 is 1.80 bits per heavy atom. The fraction of sp³-hybridized carbons (Fsp3) is 0.400. The lowest BCUT2D eigenvalue weighted by Crippen LogP contribution is -2.16. The number of carbonyl (C=O) groups is 1. The highest BCUT2D eigenvalue weighted by molar-refractivity contribution is 5.85. The lowest BCUT2D eigenvalue weighted by molar-refractivity contribution is -0.139. The number of halogens is 1. The molecule has 0 radical (unpaired) electrons. The Hall–Kier alpha value is -3.60. The van der Waals surface area contributed by atoms with Crippen molar-refractivity contribution in [2.75, 3.05) is 7.11 Å². The van der Waals surface area contributed by atoms with E-state index in [-0.39, 0.29) is 22.6 Å². The summed E-state index contributed by atoms with van der Waals surface area (Å²) in [6.45, 7) is 4.86. The number of methoxy groups -OCH3 is 1. The number of rotatable bonds is 7. The predicted molar refractivity (Wildman–Crippen MR) is 155 cm³/mol. The average molecular weight is 541 g/mol. The van der Waals surface area contributed by atoms with Gasteiger partial charge in [-0.25, -0.2) is 4.39 Å². The van der Waals surface area contributed by atoms with E-state index in [9.17, 15) is 9.90 Å². The third-order valence-electron chi connectivity index (χ3n) is 9.40. The summed E-state index contributed by atoms with van der Waals surface area (Å²) < 4.78 is 26.8. The zero-order valence-corrected chi connectivity index (χ0v) is 23.6. The van der Waals surface area contributed by atoms with E-state index in [2.05, 4.69) is 38.1 Å². The summed E-state index contributed by atoms with van der Waals surface area (Å²) in [5.74, 6) is 0.122. The van der Waals surface area contributed by atoms with Gasteiger partial charge in [0.05, 0.1) is 13.0 Å². The first kappa shape index (κ1) is 26.6. The van der Waals surface area contributed by atoms with Crippen LogP contribution in [0.15, 0.2) is 60.7 Å². The second-order valence-electron chi connectivity index (χ2n) is 12.3. The van der Waals surface area contributed by atoms with E-state index >= 15 is 4.39 Å². The van der Waals surface area contributed by atoms with Gasteiger partial charge in [0.1, 0.15) is 23.9 Å². The van der Waals surface area contributed by atoms with E-state index in [0.717, 1.165) is 72.9 Å². The zero-order chi connectivity index (χ0) is 28.1. The molecule has 3 aliphatic carbocycles. The molecule has 6 rings (SSSR count). The van der Waals surface area contributed by atoms with Crippen LogP contribution in [0.1, 0.15) is 74.6 Å². The van der Waals surface area contributed by atoms with Crippen LogP contribution in [0.3, 0.4) is 0 Å². The molecule has 40 heavy (non-hydrogen) atoms. The fourth-order valence-electron chi connectivity index (χ4n) is 7.03. The maximum absolute atomic E-state index is 15.1. The van der Waals surface area contributed by atoms with Gasteiger partial charge in [-0.3, -0.25) is 4.79 Å². The summed E-state index contributed by atoms with van der Waals surface area (Å²) in [6.07, 6.45) is 9.11. The van der Waals surface area contributed by atoms with Crippen LogP contribution in [0.4, 0.5) is 4.39 Å². The van der Waals surface area contributed by atoms with Crippen molar-refractivity contribution in [2.45, 2.75) is 70.8 Å². The number of carboxylic acid groups (broad SMARTS) is 1. The topological polar surface area (TPSA) is 55.8 Å². The van der Waals surface area contributed by atoms with Crippen LogP contribution >= 0.6 is 0 Å². The molecule has 0 saturated heterocycles. The molecule has 1 fully saturated rings. The van der Waals surface area contributed by atoms with Crippen molar-refractivity contribution in [1.29, 1.82) is 0 Å². The molecule has 1 saturated carbocycles. The molecule has 3 aromatic rings. The van der Waals surface area contributed by atoms with E-state index in [4.69, 9.17) is 9.47 Å². The quantitative estimate of drug-likeness (QED) is 0.327. The molecule has 0 aromatic heterocycles. The first-order chi connectivity index (χ1) is 19.2. The second-order valence-corrected chi connectivity index (χ2v) is 12.3. The van der Waals surface area contributed by atoms with Gasteiger partial charge in [-0.2, -0.15) is 0 Å². The third kappa shape index (κ3) is 4.70. The highest BCUT2D eigenvalue weighted by Gasteiger charge is 2.60. The van der Waals surface area contributed by atoms with E-state index in [1.165, 1.54) is 17.2 Å². The van der Waals surface area contributed by atoms with Crippen molar-refractivity contribution >= 4 is 11.5 Å². The molecule has 4 nitrogen and oxygen atoms in total. The number of benzene rings is 3. The van der Waals surface area contributed by atoms with Gasteiger partial charge in [0.15, 0.2) is 0 Å². The number of carboxylic acids is 1. The van der Waals surface area contributed by atoms with Crippen LogP contribution in [-0.2, 0) is 23.2 Å². The molecule has 2 unspecified atom stereocenters. The summed E-state index contributed by atoms with van der Waals surface area (Å²) in [4.78, 5) is 11.9. The lowest BCUT2D eigenvalue weighted by Gasteiger charge is -2.25. The molecular weight excluding hydrogens is 503 g/mol. The molecule has 3 aliphatic rings. The van der Waals surface area contributed by atoms with Crippen LogP contribution in [0.25, 0.3) is 16.7 Å². The lowest BCUT2D eigenvalue weighted by atomic mass is 9.79. The highest BCUT2D eigenvalue weighted by atomic mass is 19.1. The van der Waals surface area contributed by atoms with Crippen molar-refractivity contribution < 1.29 is 23.8 Å². The van der Waals surface area contributed by atoms with Gasteiger partial charge in [0.25, 0.3) is 0 Å². The monoisotopic (exact) mass is 540 g/mol. The number of hydrogen-bond acceptors (Lipinski definition) is 3. The Bertz CT molecular complexity index is 1500. The van der Waals surface area contributed by atoms with Crippen molar-refractivity contribution in [3.8, 4) is 22.6 Å². The number of aliphatic carboxylic acids is 1. The Labute approximate surface area is 235 Å². The number of aryl methyl sites for hydroxylation is 1. The SMILES string of the molecule is COc1ccc(F)c(-c2ccc(COc3ccc4c(c3)C3(CCCC4)CC3C(=O)O)cc2C2=CCCC2(C)C)c1. The minimum Gasteiger partial charge on any atom is -0.497 e. The summed E-state index contributed by atoms with van der Waals surface area (Å²) >= 11 is 0. The molecule has 2 atom stereocenters. The molecule has 5 heteroatoms. The van der Waals surface area contributed by atoms with Gasteiger partial charge in [-0.1, -0.05) is 44.5 Å². The van der Waals surface area contributed by atoms with Crippen LogP contribution in [0, 0.1) is 17.2 Å². The molecule has 208 valence electrons. The molecule has 1 spiro atoms. The predicted octanol–water partition coefficient (Wildman–Crippen LogP) is 8.35. The highest BCUT2D eigenvalue weighted by Crippen LogP contribution is 2.60. The average Bonchev–Trinajstić information content (AvgIpc) is 3.62. The number of fused-ring (bicyclic) bond motifs is 2. The fourth-order valence-corrected chi connectivity index (χ4v) is 7.03. The summed E-state index contributed by atoms with van der Waals surface area (Å²) in [5, 5.41) is 9.75. The van der Waals surface area contributed by atoms with Gasteiger partial charge in [0.2, 0.25) is 0 Å². The van der Waals surface area contributed by atoms with E-state index in [1.807, 2.05) is 18.2 Å². The van der Waals surface area contributed by atoms with Crippen LogP contribution < -0.4 is 9.47 Å². The Morgan fingerprint density at radius 3 is 2.52 bits per heavy atom. The molecule has 1 N–H and O–H groups in total. The molecule has 0 amide bonds. The summed E-state index contributed by atoms with van der Waals surface area (Å²) in [5.41, 5.74) is 6.80. The molecular formula is C35H37FO4. The summed E-state index contributed by atoms with van der Waals surface area (Å²) in [6, 6.07) is 17.2. The normalized spacial score (nSPS) is 22.8. The molecule has 0 bridgehead atoms. The standard InChI is InChI=1S/C35H37FO4/c1-34(2)15-6-8-29(34)27-17-22(9-13-26(27)28-18-24(39-3)12-14-32(28)36)21-40-25-11-10-23-7-4-5-16-35(30(23)19-25)20-31(35)33(37)38/h8-14,17-19,31H,4-7,15-16,20-21H2,1-3H3,(H,37,38). The van der Waals surface area contributed by atoms with Gasteiger partial charge >= 0.3 is 5.97 Å². The van der Waals surface area contributed by atoms with Gasteiger partial charge in [0, 0.05) is 11.0 Å². The van der Waals surface area contributed by atoms with Crippen molar-refractivity contribution in [3.63, 3.8) is 0 Å². The van der Waals surface area contributed by atoms with E-state index in [0.29, 0.717) is 17.9 Å². The smallest absolute Gasteiger partial charge is 0.307 e. The van der Waals surface area contributed by atoms with Crippen LogP contribution in [0.2, 0.25) is 0 Å². The number of allylic oxidation sites excluding steroid dienone is 2. The van der Waals surface area contributed by atoms with Crippen molar-refractivity contribution in [3.05, 3.63) is 88.7 Å². The Morgan fingerprint density at radius 1 is 0.975 bits per heavy atom. The number of ether oxygens (including phenoxy) is 2. The molecule has 3 aromatic carbocycles.